The summed E-state index contributed by atoms with van der Waals surface area (Å²) >= 11 is 0. The van der Waals surface area contributed by atoms with E-state index in [1.807, 2.05) is 19.9 Å². The molecule has 3 heteroatoms. The second-order valence-electron chi connectivity index (χ2n) is 3.28. The summed E-state index contributed by atoms with van der Waals surface area (Å²) in [5.41, 5.74) is 7.76. The lowest BCUT2D eigenvalue weighted by Crippen LogP contribution is -2.19. The summed E-state index contributed by atoms with van der Waals surface area (Å²) in [6, 6.07) is 4.16. The fraction of sp³-hybridized carbons (Fsp3) is 0.400. The SMILES string of the molecule is Cc1cc(C)cc(C(N)C(F)F)c1. The van der Waals surface area contributed by atoms with Gasteiger partial charge in [-0.05, 0) is 19.4 Å². The fourth-order valence-corrected chi connectivity index (χ4v) is 1.35. The average molecular weight is 185 g/mol. The number of rotatable bonds is 2. The maximum Gasteiger partial charge on any atom is 0.257 e. The molecule has 1 atom stereocenters. The van der Waals surface area contributed by atoms with Gasteiger partial charge in [-0.1, -0.05) is 29.3 Å². The molecule has 1 unspecified atom stereocenters. The summed E-state index contributed by atoms with van der Waals surface area (Å²) in [5.74, 6) is 0. The first-order valence-corrected chi connectivity index (χ1v) is 4.12. The predicted molar refractivity (Wildman–Crippen MR) is 48.8 cm³/mol. The van der Waals surface area contributed by atoms with Crippen molar-refractivity contribution in [1.82, 2.24) is 0 Å². The van der Waals surface area contributed by atoms with Crippen molar-refractivity contribution in [2.45, 2.75) is 26.3 Å². The van der Waals surface area contributed by atoms with Crippen molar-refractivity contribution in [3.05, 3.63) is 34.9 Å². The molecular formula is C10H13F2N. The molecule has 0 bridgehead atoms. The van der Waals surface area contributed by atoms with Gasteiger partial charge >= 0.3 is 0 Å². The van der Waals surface area contributed by atoms with Crippen LogP contribution in [-0.2, 0) is 0 Å². The van der Waals surface area contributed by atoms with E-state index in [0.29, 0.717) is 5.56 Å². The minimum absolute atomic E-state index is 0.507. The zero-order chi connectivity index (χ0) is 10.0. The minimum Gasteiger partial charge on any atom is -0.319 e. The number of alkyl halides is 2. The Morgan fingerprint density at radius 2 is 1.54 bits per heavy atom. The average Bonchev–Trinajstić information content (AvgIpc) is 2.01. The summed E-state index contributed by atoms with van der Waals surface area (Å²) in [4.78, 5) is 0. The van der Waals surface area contributed by atoms with Crippen LogP contribution >= 0.6 is 0 Å². The van der Waals surface area contributed by atoms with Crippen molar-refractivity contribution in [3.63, 3.8) is 0 Å². The van der Waals surface area contributed by atoms with E-state index < -0.39 is 12.5 Å². The van der Waals surface area contributed by atoms with Crippen molar-refractivity contribution < 1.29 is 8.78 Å². The number of hydrogen-bond acceptors (Lipinski definition) is 1. The Bertz CT molecular complexity index is 277. The number of benzene rings is 1. The van der Waals surface area contributed by atoms with E-state index in [9.17, 15) is 8.78 Å². The first-order valence-electron chi connectivity index (χ1n) is 4.12. The summed E-state index contributed by atoms with van der Waals surface area (Å²) in [6.07, 6.45) is -2.50. The molecule has 0 amide bonds. The molecule has 72 valence electrons. The van der Waals surface area contributed by atoms with Gasteiger partial charge in [0.2, 0.25) is 0 Å². The van der Waals surface area contributed by atoms with E-state index in [1.54, 1.807) is 12.1 Å². The van der Waals surface area contributed by atoms with Gasteiger partial charge in [0.25, 0.3) is 6.43 Å². The Balaban J connectivity index is 3.01. The van der Waals surface area contributed by atoms with Gasteiger partial charge in [-0.3, -0.25) is 0 Å². The van der Waals surface area contributed by atoms with Crippen LogP contribution in [0.4, 0.5) is 8.78 Å². The second kappa shape index (κ2) is 3.83. The van der Waals surface area contributed by atoms with E-state index in [2.05, 4.69) is 0 Å². The highest BCUT2D eigenvalue weighted by molar-refractivity contribution is 5.30. The molecule has 0 aliphatic heterocycles. The van der Waals surface area contributed by atoms with Crippen LogP contribution in [0.5, 0.6) is 0 Å². The van der Waals surface area contributed by atoms with E-state index in [0.717, 1.165) is 11.1 Å². The highest BCUT2D eigenvalue weighted by Crippen LogP contribution is 2.20. The normalized spacial score (nSPS) is 13.4. The van der Waals surface area contributed by atoms with Gasteiger partial charge in [0.1, 0.15) is 0 Å². The third kappa shape index (κ3) is 2.49. The molecule has 1 nitrogen and oxygen atoms in total. The fourth-order valence-electron chi connectivity index (χ4n) is 1.35. The van der Waals surface area contributed by atoms with E-state index in [1.165, 1.54) is 0 Å². The van der Waals surface area contributed by atoms with E-state index in [-0.39, 0.29) is 0 Å². The van der Waals surface area contributed by atoms with Crippen LogP contribution in [0.1, 0.15) is 22.7 Å². The maximum atomic E-state index is 12.3. The first kappa shape index (κ1) is 10.1. The molecule has 13 heavy (non-hydrogen) atoms. The molecule has 1 rings (SSSR count). The summed E-state index contributed by atoms with van der Waals surface area (Å²) in [6.45, 7) is 3.74. The van der Waals surface area contributed by atoms with Crippen molar-refractivity contribution in [1.29, 1.82) is 0 Å². The Morgan fingerprint density at radius 3 is 1.92 bits per heavy atom. The topological polar surface area (TPSA) is 26.0 Å². The van der Waals surface area contributed by atoms with Crippen molar-refractivity contribution in [2.24, 2.45) is 5.73 Å². The third-order valence-corrected chi connectivity index (χ3v) is 1.90. The zero-order valence-electron chi connectivity index (χ0n) is 7.72. The molecule has 0 saturated heterocycles. The van der Waals surface area contributed by atoms with E-state index >= 15 is 0 Å². The lowest BCUT2D eigenvalue weighted by molar-refractivity contribution is 0.116. The molecule has 0 aliphatic carbocycles. The molecule has 0 heterocycles. The number of aryl methyl sites for hydroxylation is 2. The van der Waals surface area contributed by atoms with Crippen LogP contribution in [0.2, 0.25) is 0 Å². The summed E-state index contributed by atoms with van der Waals surface area (Å²) < 4.78 is 24.5. The van der Waals surface area contributed by atoms with Gasteiger partial charge in [-0.15, -0.1) is 0 Å². The molecule has 0 spiro atoms. The molecular weight excluding hydrogens is 172 g/mol. The van der Waals surface area contributed by atoms with Crippen LogP contribution in [-0.4, -0.2) is 6.43 Å². The molecule has 1 aromatic carbocycles. The predicted octanol–water partition coefficient (Wildman–Crippen LogP) is 2.57. The van der Waals surface area contributed by atoms with Gasteiger partial charge in [-0.25, -0.2) is 8.78 Å². The Morgan fingerprint density at radius 1 is 1.08 bits per heavy atom. The van der Waals surface area contributed by atoms with Crippen LogP contribution < -0.4 is 5.73 Å². The van der Waals surface area contributed by atoms with Gasteiger partial charge in [0.15, 0.2) is 0 Å². The Labute approximate surface area is 76.6 Å². The molecule has 0 saturated carbocycles. The summed E-state index contributed by atoms with van der Waals surface area (Å²) in [5, 5.41) is 0. The van der Waals surface area contributed by atoms with Gasteiger partial charge in [0, 0.05) is 0 Å². The molecule has 0 aromatic heterocycles. The molecule has 0 fully saturated rings. The van der Waals surface area contributed by atoms with Gasteiger partial charge in [-0.2, -0.15) is 0 Å². The van der Waals surface area contributed by atoms with Crippen LogP contribution in [0.25, 0.3) is 0 Å². The lowest BCUT2D eigenvalue weighted by atomic mass is 10.0. The number of hydrogen-bond donors (Lipinski definition) is 1. The van der Waals surface area contributed by atoms with Crippen LogP contribution in [0.3, 0.4) is 0 Å². The second-order valence-corrected chi connectivity index (χ2v) is 3.28. The highest BCUT2D eigenvalue weighted by Gasteiger charge is 2.17. The lowest BCUT2D eigenvalue weighted by Gasteiger charge is -2.12. The standard InChI is InChI=1S/C10H13F2N/c1-6-3-7(2)5-8(4-6)9(13)10(11)12/h3-5,9-10H,13H2,1-2H3. The largest absolute Gasteiger partial charge is 0.319 e. The van der Waals surface area contributed by atoms with E-state index in [4.69, 9.17) is 5.73 Å². The van der Waals surface area contributed by atoms with Gasteiger partial charge in [0.05, 0.1) is 6.04 Å². The first-order chi connectivity index (χ1) is 6.00. The summed E-state index contributed by atoms with van der Waals surface area (Å²) in [7, 11) is 0. The van der Waals surface area contributed by atoms with Crippen molar-refractivity contribution in [3.8, 4) is 0 Å². The highest BCUT2D eigenvalue weighted by atomic mass is 19.3. The number of nitrogens with two attached hydrogens (primary N) is 1. The molecule has 2 N–H and O–H groups in total. The van der Waals surface area contributed by atoms with Crippen LogP contribution in [0, 0.1) is 13.8 Å². The smallest absolute Gasteiger partial charge is 0.257 e. The van der Waals surface area contributed by atoms with Crippen molar-refractivity contribution in [2.75, 3.05) is 0 Å². The monoisotopic (exact) mass is 185 g/mol. The molecule has 1 aromatic rings. The van der Waals surface area contributed by atoms with Gasteiger partial charge < -0.3 is 5.73 Å². The maximum absolute atomic E-state index is 12.3. The quantitative estimate of drug-likeness (QED) is 0.752. The van der Waals surface area contributed by atoms with Crippen molar-refractivity contribution >= 4 is 0 Å². The minimum atomic E-state index is -2.50. The molecule has 0 radical (unpaired) electrons. The Kier molecular flexibility index (Phi) is 2.98. The van der Waals surface area contributed by atoms with Crippen LogP contribution in [0.15, 0.2) is 18.2 Å². The molecule has 0 aliphatic rings. The Hall–Kier alpha value is -0.960. The third-order valence-electron chi connectivity index (χ3n) is 1.90. The number of halogens is 2. The zero-order valence-corrected chi connectivity index (χ0v) is 7.72.